The van der Waals surface area contributed by atoms with Crippen molar-refractivity contribution in [3.63, 3.8) is 0 Å². The molecule has 0 aliphatic heterocycles. The Morgan fingerprint density at radius 2 is 1.35 bits per heavy atom. The monoisotopic (exact) mass is 379 g/mol. The molecule has 0 bridgehead atoms. The number of halogens is 1. The molecule has 1 heterocycles. The van der Waals surface area contributed by atoms with E-state index in [1.807, 2.05) is 6.07 Å². The van der Waals surface area contributed by atoms with Crippen LogP contribution in [-0.2, 0) is 17.6 Å². The Labute approximate surface area is 166 Å². The molecule has 0 N–H and O–H groups in total. The molecule has 0 amide bonds. The lowest BCUT2D eigenvalue weighted by Crippen LogP contribution is -2.02. The molecule has 1 aromatic heterocycles. The summed E-state index contributed by atoms with van der Waals surface area (Å²) in [6, 6.07) is 4.02. The Hall–Kier alpha value is -0.890. The highest BCUT2D eigenvalue weighted by molar-refractivity contribution is 6.63. The van der Waals surface area contributed by atoms with Crippen molar-refractivity contribution in [3.05, 3.63) is 29.6 Å². The summed E-state index contributed by atoms with van der Waals surface area (Å²) in [6.45, 7) is 2.28. The summed E-state index contributed by atoms with van der Waals surface area (Å²) < 4.78 is 0. The van der Waals surface area contributed by atoms with Crippen molar-refractivity contribution in [1.82, 2.24) is 4.98 Å². The number of unbranched alkanes of at least 4 members (excludes halogenated alkanes) is 13. The SMILES string of the molecule is CCCCCCCCCCCCCCCCc1cccnc1CC(=O)Cl. The average molecular weight is 380 g/mol. The molecule has 2 nitrogen and oxygen atoms in total. The number of aryl methyl sites for hydroxylation is 1. The highest BCUT2D eigenvalue weighted by Crippen LogP contribution is 2.15. The fraction of sp³-hybridized carbons (Fsp3) is 0.739. The second-order valence-corrected chi connectivity index (χ2v) is 7.91. The predicted molar refractivity (Wildman–Crippen MR) is 113 cm³/mol. The van der Waals surface area contributed by atoms with Crippen LogP contribution in [0.4, 0.5) is 0 Å². The second kappa shape index (κ2) is 16.3. The van der Waals surface area contributed by atoms with Gasteiger partial charge in [0.25, 0.3) is 0 Å². The molecule has 0 spiro atoms. The van der Waals surface area contributed by atoms with E-state index < -0.39 is 0 Å². The molecule has 148 valence electrons. The lowest BCUT2D eigenvalue weighted by molar-refractivity contribution is -0.111. The minimum Gasteiger partial charge on any atom is -0.281 e. The van der Waals surface area contributed by atoms with Gasteiger partial charge >= 0.3 is 0 Å². The van der Waals surface area contributed by atoms with E-state index in [2.05, 4.69) is 18.0 Å². The lowest BCUT2D eigenvalue weighted by Gasteiger charge is -2.07. The van der Waals surface area contributed by atoms with Gasteiger partial charge in [-0.25, -0.2) is 0 Å². The number of nitrogens with zero attached hydrogens (tertiary/aromatic N) is 1. The van der Waals surface area contributed by atoms with E-state index in [4.69, 9.17) is 11.6 Å². The zero-order chi connectivity index (χ0) is 18.9. The third kappa shape index (κ3) is 12.5. The van der Waals surface area contributed by atoms with Crippen LogP contribution in [0.5, 0.6) is 0 Å². The van der Waals surface area contributed by atoms with Crippen molar-refractivity contribution < 1.29 is 4.79 Å². The zero-order valence-electron chi connectivity index (χ0n) is 16.8. The van der Waals surface area contributed by atoms with Gasteiger partial charge in [-0.3, -0.25) is 9.78 Å². The number of carbonyl (C=O) groups excluding carboxylic acids is 1. The van der Waals surface area contributed by atoms with E-state index >= 15 is 0 Å². The minimum absolute atomic E-state index is 0.246. The van der Waals surface area contributed by atoms with Crippen LogP contribution in [0.25, 0.3) is 0 Å². The zero-order valence-corrected chi connectivity index (χ0v) is 17.5. The molecule has 26 heavy (non-hydrogen) atoms. The Bertz CT molecular complexity index is 475. The van der Waals surface area contributed by atoms with E-state index in [-0.39, 0.29) is 11.7 Å². The summed E-state index contributed by atoms with van der Waals surface area (Å²) in [5.41, 5.74) is 2.03. The standard InChI is InChI=1S/C23H38ClNO/c1-2-3-4-5-6-7-8-9-10-11-12-13-14-15-17-21-18-16-19-25-22(21)20-23(24)26/h16,18-19H,2-15,17,20H2,1H3. The topological polar surface area (TPSA) is 30.0 Å². The summed E-state index contributed by atoms with van der Waals surface area (Å²) in [7, 11) is 0. The minimum atomic E-state index is -0.328. The average Bonchev–Trinajstić information content (AvgIpc) is 2.63. The van der Waals surface area contributed by atoms with Crippen molar-refractivity contribution in [2.75, 3.05) is 0 Å². The van der Waals surface area contributed by atoms with Crippen molar-refractivity contribution in [2.24, 2.45) is 0 Å². The van der Waals surface area contributed by atoms with Gasteiger partial charge in [0.15, 0.2) is 0 Å². The summed E-state index contributed by atoms with van der Waals surface area (Å²) in [5, 5.41) is -0.328. The quantitative estimate of drug-likeness (QED) is 0.208. The lowest BCUT2D eigenvalue weighted by atomic mass is 10.0. The smallest absolute Gasteiger partial charge is 0.227 e. The Balaban J connectivity index is 1.93. The van der Waals surface area contributed by atoms with Gasteiger partial charge in [-0.1, -0.05) is 96.5 Å². The Morgan fingerprint density at radius 3 is 1.85 bits per heavy atom. The highest BCUT2D eigenvalue weighted by atomic mass is 35.5. The van der Waals surface area contributed by atoms with E-state index in [0.29, 0.717) is 0 Å². The van der Waals surface area contributed by atoms with Gasteiger partial charge in [0.1, 0.15) is 0 Å². The summed E-state index contributed by atoms with van der Waals surface area (Å²) in [4.78, 5) is 15.4. The van der Waals surface area contributed by atoms with Crippen LogP contribution >= 0.6 is 11.6 Å². The van der Waals surface area contributed by atoms with E-state index in [1.165, 1.54) is 95.5 Å². The van der Waals surface area contributed by atoms with Crippen LogP contribution in [0.15, 0.2) is 18.3 Å². The van der Waals surface area contributed by atoms with Gasteiger partial charge < -0.3 is 0 Å². The van der Waals surface area contributed by atoms with Gasteiger partial charge in [0, 0.05) is 6.20 Å². The molecule has 0 aromatic carbocycles. The number of pyridine rings is 1. The Morgan fingerprint density at radius 1 is 0.846 bits per heavy atom. The van der Waals surface area contributed by atoms with Gasteiger partial charge in [-0.05, 0) is 36.1 Å². The van der Waals surface area contributed by atoms with E-state index in [1.54, 1.807) is 6.20 Å². The van der Waals surface area contributed by atoms with Crippen molar-refractivity contribution in [1.29, 1.82) is 0 Å². The molecular formula is C23H38ClNO. The number of hydrogen-bond donors (Lipinski definition) is 0. The predicted octanol–water partition coefficient (Wildman–Crippen LogP) is 7.41. The van der Waals surface area contributed by atoms with Crippen molar-refractivity contribution >= 4 is 16.8 Å². The van der Waals surface area contributed by atoms with Crippen LogP contribution in [0.1, 0.15) is 108 Å². The summed E-state index contributed by atoms with van der Waals surface area (Å²) >= 11 is 5.50. The first-order valence-electron chi connectivity index (χ1n) is 10.8. The van der Waals surface area contributed by atoms with E-state index in [0.717, 1.165) is 12.1 Å². The molecule has 0 saturated heterocycles. The Kier molecular flexibility index (Phi) is 14.5. The fourth-order valence-corrected chi connectivity index (χ4v) is 3.63. The van der Waals surface area contributed by atoms with Crippen molar-refractivity contribution in [3.8, 4) is 0 Å². The molecule has 1 aromatic rings. The molecule has 0 radical (unpaired) electrons. The molecule has 1 rings (SSSR count). The third-order valence-corrected chi connectivity index (χ3v) is 5.22. The normalized spacial score (nSPS) is 11.0. The van der Waals surface area contributed by atoms with Crippen LogP contribution in [0.2, 0.25) is 0 Å². The first-order chi connectivity index (χ1) is 12.7. The first-order valence-corrected chi connectivity index (χ1v) is 11.2. The van der Waals surface area contributed by atoms with Crippen LogP contribution in [-0.4, -0.2) is 10.2 Å². The largest absolute Gasteiger partial charge is 0.281 e. The second-order valence-electron chi connectivity index (χ2n) is 7.49. The number of carbonyl (C=O) groups is 1. The molecular weight excluding hydrogens is 342 g/mol. The van der Waals surface area contributed by atoms with E-state index in [9.17, 15) is 4.79 Å². The number of aromatic nitrogens is 1. The highest BCUT2D eigenvalue weighted by Gasteiger charge is 2.06. The van der Waals surface area contributed by atoms with Crippen molar-refractivity contribution in [2.45, 2.75) is 110 Å². The van der Waals surface area contributed by atoms with Crippen LogP contribution in [0.3, 0.4) is 0 Å². The third-order valence-electron chi connectivity index (χ3n) is 5.09. The van der Waals surface area contributed by atoms with Gasteiger partial charge in [-0.2, -0.15) is 0 Å². The molecule has 0 atom stereocenters. The molecule has 0 aliphatic rings. The van der Waals surface area contributed by atoms with Gasteiger partial charge in [-0.15, -0.1) is 0 Å². The van der Waals surface area contributed by atoms with Gasteiger partial charge in [0.05, 0.1) is 12.1 Å². The van der Waals surface area contributed by atoms with Crippen LogP contribution in [0, 0.1) is 0 Å². The summed E-state index contributed by atoms with van der Waals surface area (Å²) in [6.07, 6.45) is 22.2. The molecule has 0 aliphatic carbocycles. The maximum absolute atomic E-state index is 11.1. The van der Waals surface area contributed by atoms with Crippen LogP contribution < -0.4 is 0 Å². The molecule has 0 unspecified atom stereocenters. The number of hydrogen-bond acceptors (Lipinski definition) is 2. The first kappa shape index (κ1) is 23.1. The van der Waals surface area contributed by atoms with Gasteiger partial charge in [0.2, 0.25) is 5.24 Å². The molecule has 0 fully saturated rings. The maximum Gasteiger partial charge on any atom is 0.227 e. The summed E-state index contributed by atoms with van der Waals surface area (Å²) in [5.74, 6) is 0. The maximum atomic E-state index is 11.1. The number of rotatable bonds is 17. The fourth-order valence-electron chi connectivity index (χ4n) is 3.50. The molecule has 0 saturated carbocycles. The molecule has 3 heteroatoms.